The molecule has 1 aromatic carbocycles. The molecule has 2 aliphatic rings. The molecule has 5 nitrogen and oxygen atoms in total. The number of aromatic nitrogens is 1. The van der Waals surface area contributed by atoms with E-state index >= 15 is 0 Å². The summed E-state index contributed by atoms with van der Waals surface area (Å²) < 4.78 is 13.5. The predicted octanol–water partition coefficient (Wildman–Crippen LogP) is 3.85. The number of piperidine rings is 1. The van der Waals surface area contributed by atoms with Gasteiger partial charge >= 0.3 is 0 Å². The van der Waals surface area contributed by atoms with Gasteiger partial charge in [0.05, 0.1) is 20.3 Å². The lowest BCUT2D eigenvalue weighted by Gasteiger charge is -2.33. The molecule has 162 valence electrons. The fourth-order valence-corrected chi connectivity index (χ4v) is 4.76. The maximum absolute atomic E-state index is 5.66. The van der Waals surface area contributed by atoms with Crippen LogP contribution in [-0.2, 0) is 17.7 Å². The summed E-state index contributed by atoms with van der Waals surface area (Å²) >= 11 is 0. The van der Waals surface area contributed by atoms with Gasteiger partial charge in [0.2, 0.25) is 0 Å². The van der Waals surface area contributed by atoms with Gasteiger partial charge in [-0.15, -0.1) is 0 Å². The van der Waals surface area contributed by atoms with Crippen LogP contribution in [0.25, 0.3) is 6.08 Å². The topological polar surface area (TPSA) is 29.9 Å². The van der Waals surface area contributed by atoms with Gasteiger partial charge in [-0.05, 0) is 54.7 Å². The Morgan fingerprint density at radius 3 is 2.63 bits per heavy atom. The molecular formula is C25H35N3O2. The number of benzene rings is 1. The van der Waals surface area contributed by atoms with Crippen molar-refractivity contribution in [3.63, 3.8) is 0 Å². The molecule has 2 saturated heterocycles. The van der Waals surface area contributed by atoms with Crippen molar-refractivity contribution in [3.8, 4) is 5.75 Å². The number of hydrogen-bond donors (Lipinski definition) is 0. The van der Waals surface area contributed by atoms with E-state index in [-0.39, 0.29) is 0 Å². The highest BCUT2D eigenvalue weighted by Gasteiger charge is 2.21. The summed E-state index contributed by atoms with van der Waals surface area (Å²) in [6.07, 6.45) is 7.59. The Kier molecular flexibility index (Phi) is 7.26. The molecule has 3 heterocycles. The second-order valence-electron chi connectivity index (χ2n) is 8.40. The second kappa shape index (κ2) is 10.3. The third-order valence-electron chi connectivity index (χ3n) is 6.52. The lowest BCUT2D eigenvalue weighted by Crippen LogP contribution is -2.36. The molecule has 1 aromatic heterocycles. The van der Waals surface area contributed by atoms with E-state index in [0.29, 0.717) is 6.04 Å². The van der Waals surface area contributed by atoms with Crippen molar-refractivity contribution in [3.05, 3.63) is 59.9 Å². The Balaban J connectivity index is 1.32. The van der Waals surface area contributed by atoms with Crippen LogP contribution < -0.4 is 4.74 Å². The smallest absolute Gasteiger partial charge is 0.122 e. The molecule has 0 radical (unpaired) electrons. The summed E-state index contributed by atoms with van der Waals surface area (Å²) in [5.74, 6) is 1.01. The summed E-state index contributed by atoms with van der Waals surface area (Å²) in [7, 11) is 1.78. The molecule has 2 aromatic rings. The molecule has 30 heavy (non-hydrogen) atoms. The van der Waals surface area contributed by atoms with Crippen LogP contribution in [-0.4, -0.2) is 67.4 Å². The minimum absolute atomic E-state index is 0.593. The molecule has 0 aliphatic carbocycles. The summed E-state index contributed by atoms with van der Waals surface area (Å²) in [4.78, 5) is 5.07. The number of methoxy groups -OCH3 is 1. The maximum Gasteiger partial charge on any atom is 0.122 e. The van der Waals surface area contributed by atoms with Crippen molar-refractivity contribution in [1.29, 1.82) is 0 Å². The Morgan fingerprint density at radius 1 is 1.10 bits per heavy atom. The molecule has 0 unspecified atom stereocenters. The minimum atomic E-state index is 0.593. The van der Waals surface area contributed by atoms with Crippen molar-refractivity contribution in [1.82, 2.24) is 14.4 Å². The van der Waals surface area contributed by atoms with E-state index in [0.717, 1.165) is 64.7 Å². The number of rotatable bonds is 8. The van der Waals surface area contributed by atoms with Crippen LogP contribution in [0, 0.1) is 0 Å². The molecule has 0 amide bonds. The number of likely N-dealkylation sites (tertiary alicyclic amines) is 1. The zero-order valence-electron chi connectivity index (χ0n) is 18.3. The highest BCUT2D eigenvalue weighted by Crippen LogP contribution is 2.26. The minimum Gasteiger partial charge on any atom is -0.496 e. The van der Waals surface area contributed by atoms with Crippen LogP contribution in [0.4, 0.5) is 0 Å². The highest BCUT2D eigenvalue weighted by molar-refractivity contribution is 5.42. The van der Waals surface area contributed by atoms with Crippen molar-refractivity contribution in [2.45, 2.75) is 31.8 Å². The van der Waals surface area contributed by atoms with E-state index in [1.807, 2.05) is 6.08 Å². The van der Waals surface area contributed by atoms with E-state index < -0.39 is 0 Å². The molecule has 4 rings (SSSR count). The molecule has 0 N–H and O–H groups in total. The maximum atomic E-state index is 5.66. The van der Waals surface area contributed by atoms with Crippen molar-refractivity contribution < 1.29 is 9.47 Å². The van der Waals surface area contributed by atoms with E-state index in [9.17, 15) is 0 Å². The zero-order chi connectivity index (χ0) is 20.8. The lowest BCUT2D eigenvalue weighted by molar-refractivity contribution is 0.0342. The first-order valence-corrected chi connectivity index (χ1v) is 11.2. The SMILES string of the molecule is C=Cc1cccn1C1CCN(CCc2cc(CN3CCOCC3)ccc2OC)CC1. The third kappa shape index (κ3) is 5.15. The monoisotopic (exact) mass is 409 g/mol. The van der Waals surface area contributed by atoms with Gasteiger partial charge in [-0.3, -0.25) is 4.90 Å². The molecular weight excluding hydrogens is 374 g/mol. The van der Waals surface area contributed by atoms with Gasteiger partial charge in [-0.2, -0.15) is 0 Å². The Hall–Kier alpha value is -2.08. The highest BCUT2D eigenvalue weighted by atomic mass is 16.5. The Labute approximate surface area is 180 Å². The largest absolute Gasteiger partial charge is 0.496 e. The van der Waals surface area contributed by atoms with Gasteiger partial charge in [0.25, 0.3) is 0 Å². The average Bonchev–Trinajstić information content (AvgIpc) is 3.28. The Morgan fingerprint density at radius 2 is 1.90 bits per heavy atom. The van der Waals surface area contributed by atoms with Crippen LogP contribution in [0.5, 0.6) is 5.75 Å². The summed E-state index contributed by atoms with van der Waals surface area (Å²) in [5, 5.41) is 0. The number of morpholine rings is 1. The Bertz CT molecular complexity index is 818. The van der Waals surface area contributed by atoms with Crippen LogP contribution in [0.2, 0.25) is 0 Å². The van der Waals surface area contributed by atoms with Crippen LogP contribution in [0.3, 0.4) is 0 Å². The van der Waals surface area contributed by atoms with Crippen LogP contribution in [0.15, 0.2) is 43.1 Å². The molecule has 2 fully saturated rings. The first-order valence-electron chi connectivity index (χ1n) is 11.2. The van der Waals surface area contributed by atoms with Gasteiger partial charge < -0.3 is 18.9 Å². The average molecular weight is 410 g/mol. The molecule has 5 heteroatoms. The first kappa shape index (κ1) is 21.2. The summed E-state index contributed by atoms with van der Waals surface area (Å²) in [6.45, 7) is 12.0. The lowest BCUT2D eigenvalue weighted by atomic mass is 10.0. The van der Waals surface area contributed by atoms with Gasteiger partial charge in [0.15, 0.2) is 0 Å². The molecule has 0 saturated carbocycles. The first-order chi connectivity index (χ1) is 14.8. The fourth-order valence-electron chi connectivity index (χ4n) is 4.76. The standard InChI is InChI=1S/C25H35N3O2/c1-3-23-5-4-11-28(23)24-9-13-26(14-10-24)12-8-22-19-21(6-7-25(22)29-2)20-27-15-17-30-18-16-27/h3-7,11,19,24H,1,8-10,12-18,20H2,2H3. The van der Waals surface area contributed by atoms with Gasteiger partial charge in [-0.1, -0.05) is 18.7 Å². The van der Waals surface area contributed by atoms with Gasteiger partial charge in [0, 0.05) is 57.2 Å². The molecule has 0 spiro atoms. The van der Waals surface area contributed by atoms with E-state index in [1.165, 1.54) is 29.7 Å². The van der Waals surface area contributed by atoms with E-state index in [1.54, 1.807) is 7.11 Å². The van der Waals surface area contributed by atoms with Crippen molar-refractivity contribution in [2.24, 2.45) is 0 Å². The van der Waals surface area contributed by atoms with Gasteiger partial charge in [-0.25, -0.2) is 0 Å². The molecule has 2 aliphatic heterocycles. The third-order valence-corrected chi connectivity index (χ3v) is 6.52. The van der Waals surface area contributed by atoms with Crippen LogP contribution >= 0.6 is 0 Å². The number of hydrogen-bond acceptors (Lipinski definition) is 4. The predicted molar refractivity (Wildman–Crippen MR) is 122 cm³/mol. The summed E-state index contributed by atoms with van der Waals surface area (Å²) in [6, 6.07) is 11.6. The number of nitrogens with zero attached hydrogens (tertiary/aromatic N) is 3. The number of ether oxygens (including phenoxy) is 2. The van der Waals surface area contributed by atoms with Crippen molar-refractivity contribution in [2.75, 3.05) is 53.0 Å². The van der Waals surface area contributed by atoms with Crippen LogP contribution in [0.1, 0.15) is 35.7 Å². The van der Waals surface area contributed by atoms with Gasteiger partial charge in [0.1, 0.15) is 5.75 Å². The fraction of sp³-hybridized carbons (Fsp3) is 0.520. The van der Waals surface area contributed by atoms with E-state index in [2.05, 4.69) is 57.5 Å². The zero-order valence-corrected chi connectivity index (χ0v) is 18.3. The van der Waals surface area contributed by atoms with Crippen molar-refractivity contribution >= 4 is 6.08 Å². The normalized spacial score (nSPS) is 19.1. The quantitative estimate of drug-likeness (QED) is 0.662. The molecule has 0 atom stereocenters. The van der Waals surface area contributed by atoms with E-state index in [4.69, 9.17) is 9.47 Å². The summed E-state index contributed by atoms with van der Waals surface area (Å²) in [5.41, 5.74) is 3.93. The molecule has 0 bridgehead atoms. The second-order valence-corrected chi connectivity index (χ2v) is 8.40.